The van der Waals surface area contributed by atoms with Gasteiger partial charge < -0.3 is 4.74 Å². The molecule has 0 aliphatic heterocycles. The Bertz CT molecular complexity index is 822. The first-order chi connectivity index (χ1) is 10.8. The molecule has 0 spiro atoms. The summed E-state index contributed by atoms with van der Waals surface area (Å²) in [6.07, 6.45) is 0. The van der Waals surface area contributed by atoms with Crippen molar-refractivity contribution in [1.82, 2.24) is 0 Å². The van der Waals surface area contributed by atoms with Crippen LogP contribution in [0.2, 0.25) is 5.02 Å². The van der Waals surface area contributed by atoms with Crippen molar-refractivity contribution in [1.29, 1.82) is 0 Å². The van der Waals surface area contributed by atoms with Crippen molar-refractivity contribution in [3.63, 3.8) is 0 Å². The summed E-state index contributed by atoms with van der Waals surface area (Å²) in [6.45, 7) is 1.81. The van der Waals surface area contributed by atoms with Crippen molar-refractivity contribution < 1.29 is 22.3 Å². The highest BCUT2D eigenvalue weighted by molar-refractivity contribution is 7.92. The number of hydrogen-bond donors (Lipinski definition) is 1. The van der Waals surface area contributed by atoms with Gasteiger partial charge in [-0.2, -0.15) is 0 Å². The maximum absolute atomic E-state index is 12.9. The molecule has 0 aliphatic rings. The minimum atomic E-state index is -3.91. The molecule has 2 rings (SSSR count). The number of rotatable bonds is 5. The third-order valence-electron chi connectivity index (χ3n) is 2.84. The van der Waals surface area contributed by atoms with Gasteiger partial charge in [0.1, 0.15) is 5.82 Å². The molecule has 0 saturated carbocycles. The van der Waals surface area contributed by atoms with E-state index in [-0.39, 0.29) is 27.8 Å². The number of carbonyl (C=O) groups is 1. The highest BCUT2D eigenvalue weighted by Gasteiger charge is 2.17. The molecule has 5 nitrogen and oxygen atoms in total. The zero-order chi connectivity index (χ0) is 17.0. The molecule has 0 amide bonds. The van der Waals surface area contributed by atoms with Crippen molar-refractivity contribution in [2.75, 3.05) is 11.3 Å². The van der Waals surface area contributed by atoms with E-state index in [1.807, 2.05) is 0 Å². The lowest BCUT2D eigenvalue weighted by Gasteiger charge is -2.10. The lowest BCUT2D eigenvalue weighted by Crippen LogP contribution is -2.14. The molecular weight excluding hydrogens is 345 g/mol. The molecule has 0 radical (unpaired) electrons. The van der Waals surface area contributed by atoms with Crippen LogP contribution in [-0.4, -0.2) is 21.0 Å². The molecule has 23 heavy (non-hydrogen) atoms. The van der Waals surface area contributed by atoms with Gasteiger partial charge in [0.05, 0.1) is 22.1 Å². The van der Waals surface area contributed by atoms with Gasteiger partial charge in [-0.15, -0.1) is 0 Å². The predicted molar refractivity (Wildman–Crippen MR) is 84.6 cm³/mol. The smallest absolute Gasteiger partial charge is 0.339 e. The number of ether oxygens (including phenoxy) is 1. The van der Waals surface area contributed by atoms with Crippen LogP contribution in [0.4, 0.5) is 10.1 Å². The lowest BCUT2D eigenvalue weighted by molar-refractivity contribution is 0.0526. The predicted octanol–water partition coefficient (Wildman–Crippen LogP) is 3.46. The molecule has 0 fully saturated rings. The average molecular weight is 358 g/mol. The molecule has 0 unspecified atom stereocenters. The Labute approximate surface area is 138 Å². The van der Waals surface area contributed by atoms with Gasteiger partial charge in [-0.05, 0) is 49.4 Å². The fraction of sp³-hybridized carbons (Fsp3) is 0.133. The molecule has 8 heteroatoms. The van der Waals surface area contributed by atoms with E-state index < -0.39 is 21.8 Å². The van der Waals surface area contributed by atoms with Gasteiger partial charge in [0.25, 0.3) is 10.0 Å². The van der Waals surface area contributed by atoms with Crippen LogP contribution in [-0.2, 0) is 14.8 Å². The largest absolute Gasteiger partial charge is 0.462 e. The summed E-state index contributed by atoms with van der Waals surface area (Å²) in [4.78, 5) is 11.7. The average Bonchev–Trinajstić information content (AvgIpc) is 2.49. The third-order valence-corrected chi connectivity index (χ3v) is 4.56. The number of sulfonamides is 1. The summed E-state index contributed by atoms with van der Waals surface area (Å²) in [5.74, 6) is -1.19. The summed E-state index contributed by atoms with van der Waals surface area (Å²) in [5.41, 5.74) is 0.189. The Morgan fingerprint density at radius 2 is 1.87 bits per heavy atom. The molecule has 2 aromatic rings. The summed E-state index contributed by atoms with van der Waals surface area (Å²) in [7, 11) is -3.91. The second-order valence-electron chi connectivity index (χ2n) is 4.47. The maximum Gasteiger partial charge on any atom is 0.339 e. The molecular formula is C15H13ClFNO4S. The third kappa shape index (κ3) is 4.20. The van der Waals surface area contributed by atoms with Crippen LogP contribution < -0.4 is 4.72 Å². The number of esters is 1. The molecule has 2 aromatic carbocycles. The zero-order valence-corrected chi connectivity index (χ0v) is 13.6. The minimum Gasteiger partial charge on any atom is -0.462 e. The summed E-state index contributed by atoms with van der Waals surface area (Å²) in [5, 5.41) is 0.146. The highest BCUT2D eigenvalue weighted by atomic mass is 35.5. The van der Waals surface area contributed by atoms with E-state index in [9.17, 15) is 17.6 Å². The Hall–Kier alpha value is -2.12. The number of benzene rings is 2. The number of anilines is 1. The standard InChI is InChI=1S/C15H13ClFNO4S/c1-2-22-15(19)13-9-11(5-8-14(13)16)18-23(20,21)12-6-3-10(17)4-7-12/h3-9,18H,2H2,1H3. The molecule has 0 aliphatic carbocycles. The van der Waals surface area contributed by atoms with E-state index in [0.29, 0.717) is 0 Å². The highest BCUT2D eigenvalue weighted by Crippen LogP contribution is 2.23. The van der Waals surface area contributed by atoms with E-state index in [4.69, 9.17) is 16.3 Å². The minimum absolute atomic E-state index is 0.0489. The van der Waals surface area contributed by atoms with Crippen LogP contribution in [0.1, 0.15) is 17.3 Å². The first-order valence-corrected chi connectivity index (χ1v) is 8.44. The van der Waals surface area contributed by atoms with Gasteiger partial charge in [-0.25, -0.2) is 17.6 Å². The Morgan fingerprint density at radius 1 is 1.22 bits per heavy atom. The molecule has 0 atom stereocenters. The van der Waals surface area contributed by atoms with Gasteiger partial charge in [-0.1, -0.05) is 11.6 Å². The first-order valence-electron chi connectivity index (χ1n) is 6.58. The normalized spacial score (nSPS) is 11.1. The summed E-state index contributed by atoms with van der Waals surface area (Å²) >= 11 is 5.91. The fourth-order valence-electron chi connectivity index (χ4n) is 1.78. The van der Waals surface area contributed by atoms with Crippen LogP contribution in [0.25, 0.3) is 0 Å². The van der Waals surface area contributed by atoms with Crippen molar-refractivity contribution in [3.8, 4) is 0 Å². The first kappa shape index (κ1) is 17.2. The number of hydrogen-bond acceptors (Lipinski definition) is 4. The van der Waals surface area contributed by atoms with Crippen LogP contribution in [0.15, 0.2) is 47.4 Å². The Balaban J connectivity index is 2.31. The molecule has 0 bridgehead atoms. The molecule has 0 aromatic heterocycles. The van der Waals surface area contributed by atoms with Gasteiger partial charge in [-0.3, -0.25) is 4.72 Å². The van der Waals surface area contributed by atoms with Crippen LogP contribution in [0, 0.1) is 5.82 Å². The number of halogens is 2. The lowest BCUT2D eigenvalue weighted by atomic mass is 10.2. The molecule has 0 heterocycles. The van der Waals surface area contributed by atoms with Crippen LogP contribution >= 0.6 is 11.6 Å². The Morgan fingerprint density at radius 3 is 2.48 bits per heavy atom. The summed E-state index contributed by atoms with van der Waals surface area (Å²) in [6, 6.07) is 8.43. The van der Waals surface area contributed by atoms with Gasteiger partial charge in [0.2, 0.25) is 0 Å². The van der Waals surface area contributed by atoms with E-state index in [0.717, 1.165) is 24.3 Å². The summed E-state index contributed by atoms with van der Waals surface area (Å²) < 4.78 is 44.5. The Kier molecular flexibility index (Phi) is 5.23. The van der Waals surface area contributed by atoms with E-state index in [2.05, 4.69) is 4.72 Å². The van der Waals surface area contributed by atoms with Crippen molar-refractivity contribution in [3.05, 3.63) is 58.9 Å². The SMILES string of the molecule is CCOC(=O)c1cc(NS(=O)(=O)c2ccc(F)cc2)ccc1Cl. The monoisotopic (exact) mass is 357 g/mol. The van der Waals surface area contributed by atoms with E-state index in [1.54, 1.807) is 6.92 Å². The van der Waals surface area contributed by atoms with E-state index in [1.165, 1.54) is 18.2 Å². The molecule has 1 N–H and O–H groups in total. The second-order valence-corrected chi connectivity index (χ2v) is 6.56. The quantitative estimate of drug-likeness (QED) is 0.832. The van der Waals surface area contributed by atoms with Crippen molar-refractivity contribution in [2.45, 2.75) is 11.8 Å². The topological polar surface area (TPSA) is 72.5 Å². The number of nitrogens with one attached hydrogen (secondary N) is 1. The van der Waals surface area contributed by atoms with Crippen molar-refractivity contribution >= 4 is 33.3 Å². The van der Waals surface area contributed by atoms with Gasteiger partial charge in [0, 0.05) is 5.69 Å². The van der Waals surface area contributed by atoms with Crippen LogP contribution in [0.3, 0.4) is 0 Å². The second kappa shape index (κ2) is 6.97. The molecule has 0 saturated heterocycles. The number of carbonyl (C=O) groups excluding carboxylic acids is 1. The maximum atomic E-state index is 12.9. The fourth-order valence-corrected chi connectivity index (χ4v) is 3.03. The van der Waals surface area contributed by atoms with E-state index >= 15 is 0 Å². The van der Waals surface area contributed by atoms with Gasteiger partial charge >= 0.3 is 5.97 Å². The van der Waals surface area contributed by atoms with Crippen molar-refractivity contribution in [2.24, 2.45) is 0 Å². The van der Waals surface area contributed by atoms with Crippen LogP contribution in [0.5, 0.6) is 0 Å². The zero-order valence-electron chi connectivity index (χ0n) is 12.0. The van der Waals surface area contributed by atoms with Gasteiger partial charge in [0.15, 0.2) is 0 Å². The molecule has 122 valence electrons.